The molecule has 1 aliphatic heterocycles. The zero-order valence-electron chi connectivity index (χ0n) is 10.0. The molecular weight excluding hydrogens is 284 g/mol. The van der Waals surface area contributed by atoms with E-state index in [1.165, 1.54) is 30.6 Å². The number of imide groups is 1. The van der Waals surface area contributed by atoms with E-state index in [1.54, 1.807) is 0 Å². The van der Waals surface area contributed by atoms with E-state index in [-0.39, 0.29) is 23.9 Å². The molecule has 0 aromatic heterocycles. The first-order chi connectivity index (χ1) is 8.17. The molecule has 17 heavy (non-hydrogen) atoms. The van der Waals surface area contributed by atoms with Crippen LogP contribution in [0.25, 0.3) is 0 Å². The Morgan fingerprint density at radius 3 is 2.29 bits per heavy atom. The molecule has 1 saturated carbocycles. The lowest BCUT2D eigenvalue weighted by Crippen LogP contribution is -2.42. The summed E-state index contributed by atoms with van der Waals surface area (Å²) in [5.74, 6) is -0.0837. The predicted molar refractivity (Wildman–Crippen MR) is 69.0 cm³/mol. The van der Waals surface area contributed by atoms with Crippen LogP contribution in [-0.4, -0.2) is 35.3 Å². The summed E-state index contributed by atoms with van der Waals surface area (Å²) in [7, 11) is 0. The second-order valence-electron chi connectivity index (χ2n) is 5.19. The lowest BCUT2D eigenvalue weighted by molar-refractivity contribution is -0.126. The highest BCUT2D eigenvalue weighted by atomic mass is 79.9. The zero-order chi connectivity index (χ0) is 12.3. The van der Waals surface area contributed by atoms with Crippen molar-refractivity contribution in [3.63, 3.8) is 0 Å². The van der Waals surface area contributed by atoms with Gasteiger partial charge in [0.15, 0.2) is 0 Å². The summed E-state index contributed by atoms with van der Waals surface area (Å²) >= 11 is 3.58. The maximum absolute atomic E-state index is 11.6. The Bertz CT molecular complexity index is 296. The number of alkyl halides is 1. The number of hydrogen-bond donors (Lipinski definition) is 1. The Kier molecular flexibility index (Phi) is 4.07. The molecule has 0 unspecified atom stereocenters. The normalized spacial score (nSPS) is 24.6. The molecule has 2 fully saturated rings. The van der Waals surface area contributed by atoms with E-state index in [0.29, 0.717) is 6.54 Å². The van der Waals surface area contributed by atoms with Crippen LogP contribution < -0.4 is 5.32 Å². The number of carbonyl (C=O) groups excluding carboxylic acids is 2. The van der Waals surface area contributed by atoms with Crippen molar-refractivity contribution in [1.82, 2.24) is 10.2 Å². The van der Waals surface area contributed by atoms with E-state index >= 15 is 0 Å². The van der Waals surface area contributed by atoms with Gasteiger partial charge >= 0.3 is 6.03 Å². The Labute approximate surface area is 110 Å². The largest absolute Gasteiger partial charge is 0.329 e. The standard InChI is InChI=1S/C12H19BrN2O2/c13-8-12(5-3-1-2-4-6-12)9-15-10(16)7-14-11(15)17/h1-9H2,(H,14,17). The van der Waals surface area contributed by atoms with E-state index < -0.39 is 0 Å². The van der Waals surface area contributed by atoms with Crippen LogP contribution in [-0.2, 0) is 4.79 Å². The van der Waals surface area contributed by atoms with Gasteiger partial charge in [-0.1, -0.05) is 41.6 Å². The molecule has 1 saturated heterocycles. The maximum atomic E-state index is 11.6. The van der Waals surface area contributed by atoms with Crippen LogP contribution >= 0.6 is 15.9 Å². The molecule has 96 valence electrons. The summed E-state index contributed by atoms with van der Waals surface area (Å²) < 4.78 is 0. The number of halogens is 1. The van der Waals surface area contributed by atoms with Crippen molar-refractivity contribution in [2.24, 2.45) is 5.41 Å². The van der Waals surface area contributed by atoms with Crippen molar-refractivity contribution in [3.8, 4) is 0 Å². The molecule has 2 rings (SSSR count). The Hall–Kier alpha value is -0.580. The van der Waals surface area contributed by atoms with Gasteiger partial charge in [-0.05, 0) is 18.3 Å². The molecule has 3 amide bonds. The summed E-state index contributed by atoms with van der Waals surface area (Å²) in [6.07, 6.45) is 7.17. The quantitative estimate of drug-likeness (QED) is 0.494. The Morgan fingerprint density at radius 2 is 1.82 bits per heavy atom. The highest BCUT2D eigenvalue weighted by Gasteiger charge is 2.38. The van der Waals surface area contributed by atoms with Gasteiger partial charge in [0.1, 0.15) is 0 Å². The maximum Gasteiger partial charge on any atom is 0.324 e. The highest BCUT2D eigenvalue weighted by Crippen LogP contribution is 2.37. The number of amides is 3. The molecule has 0 aromatic rings. The van der Waals surface area contributed by atoms with Gasteiger partial charge in [0.25, 0.3) is 0 Å². The van der Waals surface area contributed by atoms with Crippen molar-refractivity contribution in [1.29, 1.82) is 0 Å². The number of urea groups is 1. The smallest absolute Gasteiger partial charge is 0.324 e. The fourth-order valence-electron chi connectivity index (χ4n) is 2.76. The molecule has 1 aliphatic carbocycles. The van der Waals surface area contributed by atoms with Gasteiger partial charge in [-0.15, -0.1) is 0 Å². The Morgan fingerprint density at radius 1 is 1.18 bits per heavy atom. The topological polar surface area (TPSA) is 49.4 Å². The fraction of sp³-hybridized carbons (Fsp3) is 0.833. The van der Waals surface area contributed by atoms with Crippen LogP contribution in [0, 0.1) is 5.41 Å². The SMILES string of the molecule is O=C1CNC(=O)N1CC1(CBr)CCCCCC1. The second kappa shape index (κ2) is 5.38. The van der Waals surface area contributed by atoms with Gasteiger partial charge in [-0.3, -0.25) is 9.69 Å². The van der Waals surface area contributed by atoms with Crippen LogP contribution in [0.4, 0.5) is 4.79 Å². The molecule has 0 spiro atoms. The minimum Gasteiger partial charge on any atom is -0.329 e. The molecule has 1 heterocycles. The zero-order valence-corrected chi connectivity index (χ0v) is 11.6. The third-order valence-corrected chi connectivity index (χ3v) is 5.07. The predicted octanol–water partition coefficient (Wildman–Crippen LogP) is 2.27. The monoisotopic (exact) mass is 302 g/mol. The van der Waals surface area contributed by atoms with Crippen molar-refractivity contribution in [2.45, 2.75) is 38.5 Å². The van der Waals surface area contributed by atoms with Gasteiger partial charge < -0.3 is 5.32 Å². The van der Waals surface area contributed by atoms with Gasteiger partial charge in [0.2, 0.25) is 5.91 Å². The van der Waals surface area contributed by atoms with Crippen LogP contribution in [0.3, 0.4) is 0 Å². The van der Waals surface area contributed by atoms with Crippen LogP contribution in [0.15, 0.2) is 0 Å². The average Bonchev–Trinajstić information content (AvgIpc) is 2.58. The lowest BCUT2D eigenvalue weighted by Gasteiger charge is -2.33. The number of hydrogen-bond acceptors (Lipinski definition) is 2. The van der Waals surface area contributed by atoms with Gasteiger partial charge in [0, 0.05) is 11.9 Å². The van der Waals surface area contributed by atoms with E-state index in [9.17, 15) is 9.59 Å². The van der Waals surface area contributed by atoms with Crippen LogP contribution in [0.1, 0.15) is 38.5 Å². The number of nitrogens with one attached hydrogen (secondary N) is 1. The van der Waals surface area contributed by atoms with E-state index in [0.717, 1.165) is 18.2 Å². The van der Waals surface area contributed by atoms with Crippen molar-refractivity contribution in [3.05, 3.63) is 0 Å². The molecular formula is C12H19BrN2O2. The first-order valence-electron chi connectivity index (χ1n) is 6.31. The highest BCUT2D eigenvalue weighted by molar-refractivity contribution is 9.09. The minimum absolute atomic E-state index is 0.0837. The molecule has 1 N–H and O–H groups in total. The summed E-state index contributed by atoms with van der Waals surface area (Å²) in [5.41, 5.74) is 0.0911. The lowest BCUT2D eigenvalue weighted by atomic mass is 9.82. The molecule has 0 bridgehead atoms. The van der Waals surface area contributed by atoms with Gasteiger partial charge in [0.05, 0.1) is 6.54 Å². The van der Waals surface area contributed by atoms with E-state index in [4.69, 9.17) is 0 Å². The third kappa shape index (κ3) is 2.81. The number of nitrogens with zero attached hydrogens (tertiary/aromatic N) is 1. The second-order valence-corrected chi connectivity index (χ2v) is 5.75. The number of rotatable bonds is 3. The molecule has 0 aromatic carbocycles. The summed E-state index contributed by atoms with van der Waals surface area (Å²) in [6, 6.07) is -0.223. The summed E-state index contributed by atoms with van der Waals surface area (Å²) in [6.45, 7) is 0.736. The fourth-order valence-corrected chi connectivity index (χ4v) is 3.50. The van der Waals surface area contributed by atoms with Crippen LogP contribution in [0.5, 0.6) is 0 Å². The van der Waals surface area contributed by atoms with Crippen molar-refractivity contribution in [2.75, 3.05) is 18.4 Å². The van der Waals surface area contributed by atoms with E-state index in [2.05, 4.69) is 21.2 Å². The Balaban J connectivity index is 2.07. The first kappa shape index (κ1) is 12.9. The molecule has 0 atom stereocenters. The average molecular weight is 303 g/mol. The van der Waals surface area contributed by atoms with Crippen molar-refractivity contribution >= 4 is 27.9 Å². The summed E-state index contributed by atoms with van der Waals surface area (Å²) in [4.78, 5) is 24.6. The molecule has 5 heteroatoms. The van der Waals surface area contributed by atoms with Gasteiger partial charge in [-0.25, -0.2) is 4.79 Å². The van der Waals surface area contributed by atoms with Crippen LogP contribution in [0.2, 0.25) is 0 Å². The minimum atomic E-state index is -0.223. The van der Waals surface area contributed by atoms with E-state index in [1.807, 2.05) is 0 Å². The summed E-state index contributed by atoms with van der Waals surface area (Å²) in [5, 5.41) is 3.46. The van der Waals surface area contributed by atoms with Crippen molar-refractivity contribution < 1.29 is 9.59 Å². The molecule has 2 aliphatic rings. The number of carbonyl (C=O) groups is 2. The molecule has 4 nitrogen and oxygen atoms in total. The first-order valence-corrected chi connectivity index (χ1v) is 7.43. The van der Waals surface area contributed by atoms with Gasteiger partial charge in [-0.2, -0.15) is 0 Å². The molecule has 0 radical (unpaired) electrons. The third-order valence-electron chi connectivity index (χ3n) is 3.88.